The third kappa shape index (κ3) is 1.07. The fraction of sp³-hybridized carbons (Fsp3) is 0.750. The zero-order chi connectivity index (χ0) is 9.52. The average Bonchev–Trinajstić information content (AvgIpc) is 1.99. The standard InChI is InChI=1S/C8H14N2O2/c1-8(2)9(3)6(11)5-7(12)10(8)4/h5H2,1-4H3. The van der Waals surface area contributed by atoms with Crippen molar-refractivity contribution < 1.29 is 9.59 Å². The molecule has 1 aliphatic rings. The Hall–Kier alpha value is -1.06. The van der Waals surface area contributed by atoms with Gasteiger partial charge in [-0.25, -0.2) is 0 Å². The Bertz CT molecular complexity index is 213. The Morgan fingerprint density at radius 2 is 1.42 bits per heavy atom. The Morgan fingerprint density at radius 3 is 1.75 bits per heavy atom. The van der Waals surface area contributed by atoms with E-state index in [4.69, 9.17) is 0 Å². The molecule has 4 nitrogen and oxygen atoms in total. The van der Waals surface area contributed by atoms with E-state index in [1.807, 2.05) is 13.8 Å². The molecule has 0 spiro atoms. The molecule has 1 saturated heterocycles. The molecule has 0 atom stereocenters. The highest BCUT2D eigenvalue weighted by Gasteiger charge is 2.40. The Balaban J connectivity index is 2.97. The lowest BCUT2D eigenvalue weighted by Gasteiger charge is -2.46. The molecule has 0 bridgehead atoms. The van der Waals surface area contributed by atoms with E-state index in [2.05, 4.69) is 0 Å². The predicted octanol–water partition coefficient (Wildman–Crippen LogP) is 0.0430. The highest BCUT2D eigenvalue weighted by molar-refractivity contribution is 5.99. The van der Waals surface area contributed by atoms with Gasteiger partial charge in [0.15, 0.2) is 0 Å². The zero-order valence-corrected chi connectivity index (χ0v) is 7.92. The maximum atomic E-state index is 11.2. The minimum absolute atomic E-state index is 0.00354. The summed E-state index contributed by atoms with van der Waals surface area (Å²) in [6, 6.07) is 0. The molecular weight excluding hydrogens is 156 g/mol. The minimum Gasteiger partial charge on any atom is -0.323 e. The van der Waals surface area contributed by atoms with Crippen LogP contribution in [0.3, 0.4) is 0 Å². The summed E-state index contributed by atoms with van der Waals surface area (Å²) >= 11 is 0. The molecule has 1 rings (SSSR count). The van der Waals surface area contributed by atoms with Crippen LogP contribution in [0.2, 0.25) is 0 Å². The Morgan fingerprint density at radius 1 is 1.08 bits per heavy atom. The number of rotatable bonds is 0. The van der Waals surface area contributed by atoms with Crippen molar-refractivity contribution in [2.24, 2.45) is 0 Å². The van der Waals surface area contributed by atoms with E-state index in [0.717, 1.165) is 0 Å². The molecule has 0 radical (unpaired) electrons. The van der Waals surface area contributed by atoms with Gasteiger partial charge in [-0.05, 0) is 13.8 Å². The van der Waals surface area contributed by atoms with Crippen molar-refractivity contribution in [3.8, 4) is 0 Å². The van der Waals surface area contributed by atoms with Gasteiger partial charge >= 0.3 is 0 Å². The van der Waals surface area contributed by atoms with E-state index < -0.39 is 5.66 Å². The highest BCUT2D eigenvalue weighted by Crippen LogP contribution is 2.23. The van der Waals surface area contributed by atoms with Crippen LogP contribution in [0.5, 0.6) is 0 Å². The zero-order valence-electron chi connectivity index (χ0n) is 7.92. The molecule has 4 heteroatoms. The van der Waals surface area contributed by atoms with Crippen molar-refractivity contribution in [2.75, 3.05) is 14.1 Å². The van der Waals surface area contributed by atoms with Crippen molar-refractivity contribution in [1.29, 1.82) is 0 Å². The van der Waals surface area contributed by atoms with E-state index in [9.17, 15) is 9.59 Å². The number of carbonyl (C=O) groups excluding carboxylic acids is 2. The maximum Gasteiger partial charge on any atom is 0.233 e. The van der Waals surface area contributed by atoms with Crippen LogP contribution in [0.15, 0.2) is 0 Å². The summed E-state index contributed by atoms with van der Waals surface area (Å²) in [5.41, 5.74) is -0.494. The third-order valence-corrected chi connectivity index (χ3v) is 2.69. The molecule has 1 heterocycles. The summed E-state index contributed by atoms with van der Waals surface area (Å²) in [7, 11) is 3.43. The first-order valence-electron chi connectivity index (χ1n) is 3.90. The molecule has 0 unspecified atom stereocenters. The first kappa shape index (κ1) is 9.03. The summed E-state index contributed by atoms with van der Waals surface area (Å²) in [6.45, 7) is 3.70. The van der Waals surface area contributed by atoms with Crippen LogP contribution >= 0.6 is 0 Å². The van der Waals surface area contributed by atoms with Crippen molar-refractivity contribution in [3.63, 3.8) is 0 Å². The number of hydrogen-bond donors (Lipinski definition) is 0. The molecule has 2 amide bonds. The lowest BCUT2D eigenvalue weighted by molar-refractivity contribution is -0.163. The normalized spacial score (nSPS) is 23.3. The van der Waals surface area contributed by atoms with Gasteiger partial charge in [0.25, 0.3) is 0 Å². The van der Waals surface area contributed by atoms with Crippen molar-refractivity contribution in [3.05, 3.63) is 0 Å². The van der Waals surface area contributed by atoms with E-state index >= 15 is 0 Å². The fourth-order valence-corrected chi connectivity index (χ4v) is 1.20. The molecule has 0 aromatic carbocycles. The van der Waals surface area contributed by atoms with Crippen molar-refractivity contribution >= 4 is 11.8 Å². The largest absolute Gasteiger partial charge is 0.323 e. The quantitative estimate of drug-likeness (QED) is 0.482. The van der Waals surface area contributed by atoms with Gasteiger partial charge in [0.1, 0.15) is 12.1 Å². The van der Waals surface area contributed by atoms with Crippen molar-refractivity contribution in [2.45, 2.75) is 25.9 Å². The smallest absolute Gasteiger partial charge is 0.233 e. The minimum atomic E-state index is -0.494. The van der Waals surface area contributed by atoms with Gasteiger partial charge in [-0.2, -0.15) is 0 Å². The van der Waals surface area contributed by atoms with Gasteiger partial charge in [0.05, 0.1) is 0 Å². The van der Waals surface area contributed by atoms with Gasteiger partial charge in [0.2, 0.25) is 11.8 Å². The average molecular weight is 170 g/mol. The van der Waals surface area contributed by atoms with Crippen LogP contribution in [0.25, 0.3) is 0 Å². The second-order valence-corrected chi connectivity index (χ2v) is 3.58. The lowest BCUT2D eigenvalue weighted by atomic mass is 10.1. The molecule has 12 heavy (non-hydrogen) atoms. The number of hydrogen-bond acceptors (Lipinski definition) is 2. The van der Waals surface area contributed by atoms with Crippen LogP contribution in [0.1, 0.15) is 20.3 Å². The SMILES string of the molecule is CN1C(=O)CC(=O)N(C)C1(C)C. The summed E-state index contributed by atoms with van der Waals surface area (Å²) in [4.78, 5) is 25.7. The van der Waals surface area contributed by atoms with Gasteiger partial charge in [-0.1, -0.05) is 0 Å². The van der Waals surface area contributed by atoms with E-state index in [0.29, 0.717) is 0 Å². The van der Waals surface area contributed by atoms with Crippen molar-refractivity contribution in [1.82, 2.24) is 9.80 Å². The van der Waals surface area contributed by atoms with E-state index in [1.165, 1.54) is 0 Å². The van der Waals surface area contributed by atoms with Gasteiger partial charge < -0.3 is 9.80 Å². The summed E-state index contributed by atoms with van der Waals surface area (Å²) < 4.78 is 0. The molecule has 0 aromatic rings. The molecular formula is C8H14N2O2. The molecule has 1 fully saturated rings. The van der Waals surface area contributed by atoms with Crippen LogP contribution < -0.4 is 0 Å². The first-order chi connectivity index (χ1) is 5.37. The van der Waals surface area contributed by atoms with Gasteiger partial charge in [0, 0.05) is 14.1 Å². The summed E-state index contributed by atoms with van der Waals surface area (Å²) in [5, 5.41) is 0. The number of nitrogens with zero attached hydrogens (tertiary/aromatic N) is 2. The Kier molecular flexibility index (Phi) is 1.86. The number of carbonyl (C=O) groups is 2. The topological polar surface area (TPSA) is 40.6 Å². The summed E-state index contributed by atoms with van der Waals surface area (Å²) in [5.74, 6) is -0.216. The molecule has 68 valence electrons. The van der Waals surface area contributed by atoms with Crippen LogP contribution in [0.4, 0.5) is 0 Å². The van der Waals surface area contributed by atoms with Crippen LogP contribution in [-0.2, 0) is 9.59 Å². The van der Waals surface area contributed by atoms with E-state index in [-0.39, 0.29) is 18.2 Å². The van der Waals surface area contributed by atoms with Gasteiger partial charge in [-0.3, -0.25) is 9.59 Å². The molecule has 0 N–H and O–H groups in total. The summed E-state index contributed by atoms with van der Waals surface area (Å²) in [6.07, 6.45) is -0.00354. The monoisotopic (exact) mass is 170 g/mol. The fourth-order valence-electron chi connectivity index (χ4n) is 1.20. The Labute approximate surface area is 72.1 Å². The maximum absolute atomic E-state index is 11.2. The molecule has 0 aromatic heterocycles. The lowest BCUT2D eigenvalue weighted by Crippen LogP contribution is -2.62. The third-order valence-electron chi connectivity index (χ3n) is 2.69. The van der Waals surface area contributed by atoms with Crippen LogP contribution in [-0.4, -0.2) is 41.4 Å². The predicted molar refractivity (Wildman–Crippen MR) is 44.2 cm³/mol. The second kappa shape index (κ2) is 2.47. The molecule has 0 saturated carbocycles. The van der Waals surface area contributed by atoms with Crippen LogP contribution in [0, 0.1) is 0 Å². The van der Waals surface area contributed by atoms with Gasteiger partial charge in [-0.15, -0.1) is 0 Å². The highest BCUT2D eigenvalue weighted by atomic mass is 16.2. The second-order valence-electron chi connectivity index (χ2n) is 3.58. The number of amides is 2. The first-order valence-corrected chi connectivity index (χ1v) is 3.90. The van der Waals surface area contributed by atoms with E-state index in [1.54, 1.807) is 23.9 Å². The molecule has 1 aliphatic heterocycles. The molecule has 0 aliphatic carbocycles.